The molecule has 4 aromatic carbocycles. The summed E-state index contributed by atoms with van der Waals surface area (Å²) >= 11 is 1.86. The lowest BCUT2D eigenvalue weighted by Crippen LogP contribution is -2.15. The lowest BCUT2D eigenvalue weighted by Gasteiger charge is -2.22. The Labute approximate surface area is 314 Å². The monoisotopic (exact) mass is 699 g/mol. The number of rotatable bonds is 4. The molecule has 0 fully saturated rings. The predicted molar refractivity (Wildman–Crippen MR) is 221 cm³/mol. The van der Waals surface area contributed by atoms with Gasteiger partial charge in [-0.2, -0.15) is 0 Å². The van der Waals surface area contributed by atoms with Gasteiger partial charge in [0.2, 0.25) is 0 Å². The fraction of sp³-hybridized carbons (Fsp3) is 0.163. The Morgan fingerprint density at radius 1 is 0.585 bits per heavy atom. The first-order valence-electron chi connectivity index (χ1n) is 18.8. The van der Waals surface area contributed by atoms with Gasteiger partial charge >= 0.3 is 0 Å². The zero-order chi connectivity index (χ0) is 35.3. The van der Waals surface area contributed by atoms with Gasteiger partial charge in [0.05, 0.1) is 5.69 Å². The first kappa shape index (κ1) is 30.9. The van der Waals surface area contributed by atoms with Gasteiger partial charge in [0.25, 0.3) is 0 Å². The molecule has 0 bridgehead atoms. The first-order valence-corrected chi connectivity index (χ1v) is 19.6. The van der Waals surface area contributed by atoms with Crippen molar-refractivity contribution in [3.05, 3.63) is 160 Å². The number of hydrogen-bond acceptors (Lipinski definition) is 4. The van der Waals surface area contributed by atoms with E-state index in [1.54, 1.807) is 0 Å². The van der Waals surface area contributed by atoms with Crippen LogP contribution < -0.4 is 0 Å². The summed E-state index contributed by atoms with van der Waals surface area (Å²) in [6.07, 6.45) is 20.7. The standard InChI is InChI=1S/C49H37N3S/c1-49(2)43-24-29(32-19-22-45(50-26-32)38-13-7-12-35-34-10-4-3-9-31(34)23-42(35)38)17-20-36(43)37-21-18-30(25-44(37)49)33-27-51-48(52-28-33)41-15-8-14-40-39-11-5-6-16-46(39)53-47(40)41/h3,6-9,12-22,24-28H,4-5,10-11,23H2,1-2H3. The Kier molecular flexibility index (Phi) is 6.78. The summed E-state index contributed by atoms with van der Waals surface area (Å²) in [6.45, 7) is 4.70. The fourth-order valence-electron chi connectivity index (χ4n) is 9.29. The van der Waals surface area contributed by atoms with Crippen molar-refractivity contribution in [3.63, 3.8) is 0 Å². The molecule has 3 heterocycles. The van der Waals surface area contributed by atoms with Crippen LogP contribution in [-0.4, -0.2) is 15.0 Å². The van der Waals surface area contributed by atoms with E-state index in [-0.39, 0.29) is 5.41 Å². The summed E-state index contributed by atoms with van der Waals surface area (Å²) in [5, 5.41) is 1.35. The Balaban J connectivity index is 0.876. The molecule has 3 nitrogen and oxygen atoms in total. The van der Waals surface area contributed by atoms with Crippen molar-refractivity contribution in [1.82, 2.24) is 15.0 Å². The Hall–Kier alpha value is -5.71. The smallest absolute Gasteiger partial charge is 0.160 e. The number of allylic oxidation sites excluding steroid dienone is 5. The predicted octanol–water partition coefficient (Wildman–Crippen LogP) is 12.7. The van der Waals surface area contributed by atoms with Crippen LogP contribution in [0, 0.1) is 0 Å². The van der Waals surface area contributed by atoms with E-state index in [1.165, 1.54) is 76.2 Å². The van der Waals surface area contributed by atoms with Crippen molar-refractivity contribution in [2.75, 3.05) is 0 Å². The minimum absolute atomic E-state index is 0.154. The van der Waals surface area contributed by atoms with E-state index in [1.807, 2.05) is 23.7 Å². The van der Waals surface area contributed by atoms with Crippen LogP contribution in [0.1, 0.15) is 65.8 Å². The van der Waals surface area contributed by atoms with Crippen LogP contribution in [0.4, 0.5) is 0 Å². The topological polar surface area (TPSA) is 38.7 Å². The molecule has 11 rings (SSSR count). The van der Waals surface area contributed by atoms with E-state index >= 15 is 0 Å². The van der Waals surface area contributed by atoms with E-state index < -0.39 is 0 Å². The SMILES string of the molecule is CC1(C)c2cc(-c3ccc(-c4cccc5c4CC4=C5CCC=C4)nc3)ccc2-c2ccc(-c3cnc(-c4cccc5c6c(sc45)C=CCC6)nc3)cc21. The molecule has 0 amide bonds. The van der Waals surface area contributed by atoms with Crippen molar-refractivity contribution < 1.29 is 0 Å². The first-order chi connectivity index (χ1) is 26.0. The maximum absolute atomic E-state index is 5.04. The van der Waals surface area contributed by atoms with Gasteiger partial charge in [0, 0.05) is 55.8 Å². The van der Waals surface area contributed by atoms with Crippen molar-refractivity contribution >= 4 is 33.1 Å². The van der Waals surface area contributed by atoms with E-state index in [4.69, 9.17) is 15.0 Å². The molecule has 3 aromatic heterocycles. The molecule has 0 saturated heterocycles. The van der Waals surface area contributed by atoms with Crippen molar-refractivity contribution in [2.45, 2.75) is 51.4 Å². The number of fused-ring (bicyclic) bond motifs is 8. The maximum atomic E-state index is 5.04. The van der Waals surface area contributed by atoms with E-state index in [0.717, 1.165) is 65.9 Å². The van der Waals surface area contributed by atoms with Gasteiger partial charge in [0.15, 0.2) is 5.82 Å². The highest BCUT2D eigenvalue weighted by Gasteiger charge is 2.36. The molecule has 0 radical (unpaired) electrons. The summed E-state index contributed by atoms with van der Waals surface area (Å²) in [7, 11) is 0. The average Bonchev–Trinajstić information content (AvgIpc) is 3.86. The van der Waals surface area contributed by atoms with Gasteiger partial charge in [-0.3, -0.25) is 4.98 Å². The third-order valence-corrected chi connectivity index (χ3v) is 13.3. The number of hydrogen-bond donors (Lipinski definition) is 0. The van der Waals surface area contributed by atoms with Crippen LogP contribution in [0.5, 0.6) is 0 Å². The molecule has 254 valence electrons. The molecular weight excluding hydrogens is 663 g/mol. The second-order valence-corrected chi connectivity index (χ2v) is 16.4. The molecule has 53 heavy (non-hydrogen) atoms. The van der Waals surface area contributed by atoms with Crippen molar-refractivity contribution in [2.24, 2.45) is 0 Å². The van der Waals surface area contributed by atoms with E-state index in [0.29, 0.717) is 0 Å². The van der Waals surface area contributed by atoms with Crippen molar-refractivity contribution in [3.8, 4) is 56.0 Å². The second kappa shape index (κ2) is 11.6. The second-order valence-electron chi connectivity index (χ2n) is 15.4. The average molecular weight is 700 g/mol. The van der Waals surface area contributed by atoms with Gasteiger partial charge in [-0.15, -0.1) is 11.3 Å². The Morgan fingerprint density at radius 2 is 1.26 bits per heavy atom. The lowest BCUT2D eigenvalue weighted by molar-refractivity contribution is 0.661. The molecule has 4 aliphatic rings. The highest BCUT2D eigenvalue weighted by Crippen LogP contribution is 2.51. The number of aromatic nitrogens is 3. The number of aryl methyl sites for hydroxylation is 1. The Bertz CT molecular complexity index is 2760. The summed E-state index contributed by atoms with van der Waals surface area (Å²) in [5.41, 5.74) is 20.4. The van der Waals surface area contributed by atoms with Crippen LogP contribution >= 0.6 is 11.3 Å². The van der Waals surface area contributed by atoms with Crippen molar-refractivity contribution in [1.29, 1.82) is 0 Å². The fourth-order valence-corrected chi connectivity index (χ4v) is 10.6. The van der Waals surface area contributed by atoms with E-state index in [2.05, 4.69) is 129 Å². The van der Waals surface area contributed by atoms with Crippen LogP contribution in [0.3, 0.4) is 0 Å². The summed E-state index contributed by atoms with van der Waals surface area (Å²) < 4.78 is 1.28. The molecule has 0 aliphatic heterocycles. The highest BCUT2D eigenvalue weighted by molar-refractivity contribution is 7.20. The third-order valence-electron chi connectivity index (χ3n) is 12.1. The summed E-state index contributed by atoms with van der Waals surface area (Å²) in [5.74, 6) is 0.784. The molecule has 0 unspecified atom stereocenters. The van der Waals surface area contributed by atoms with Crippen LogP contribution in [-0.2, 0) is 18.3 Å². The van der Waals surface area contributed by atoms with Crippen LogP contribution in [0.25, 0.3) is 77.8 Å². The minimum atomic E-state index is -0.154. The van der Waals surface area contributed by atoms with Crippen LogP contribution in [0.2, 0.25) is 0 Å². The van der Waals surface area contributed by atoms with Crippen LogP contribution in [0.15, 0.2) is 127 Å². The molecule has 0 saturated carbocycles. The van der Waals surface area contributed by atoms with Gasteiger partial charge in [-0.1, -0.05) is 92.7 Å². The van der Waals surface area contributed by atoms with Gasteiger partial charge < -0.3 is 0 Å². The third kappa shape index (κ3) is 4.75. The number of benzene rings is 4. The van der Waals surface area contributed by atoms with E-state index in [9.17, 15) is 0 Å². The van der Waals surface area contributed by atoms with Gasteiger partial charge in [0.1, 0.15) is 0 Å². The summed E-state index contributed by atoms with van der Waals surface area (Å²) in [6, 6.07) is 31.5. The molecule has 0 N–H and O–H groups in total. The molecule has 0 atom stereocenters. The number of thiophene rings is 1. The molecule has 4 aliphatic carbocycles. The summed E-state index contributed by atoms with van der Waals surface area (Å²) in [4.78, 5) is 16.3. The highest BCUT2D eigenvalue weighted by atomic mass is 32.1. The quantitative estimate of drug-likeness (QED) is 0.184. The van der Waals surface area contributed by atoms with Gasteiger partial charge in [-0.25, -0.2) is 9.97 Å². The zero-order valence-corrected chi connectivity index (χ0v) is 30.7. The molecular formula is C49H37N3S. The van der Waals surface area contributed by atoms with Gasteiger partial charge in [-0.05, 0) is 129 Å². The number of nitrogens with zero attached hydrogens (tertiary/aromatic N) is 3. The lowest BCUT2D eigenvalue weighted by atomic mass is 9.81. The largest absolute Gasteiger partial charge is 0.256 e. The molecule has 4 heteroatoms. The normalized spacial score (nSPS) is 16.0. The Morgan fingerprint density at radius 3 is 2.06 bits per heavy atom. The molecule has 7 aromatic rings. The zero-order valence-electron chi connectivity index (χ0n) is 29.9. The number of pyridine rings is 1. The maximum Gasteiger partial charge on any atom is 0.160 e. The molecule has 0 spiro atoms. The minimum Gasteiger partial charge on any atom is -0.256 e.